The number of aromatic nitrogens is 1. The van der Waals surface area contributed by atoms with Crippen LogP contribution >= 0.6 is 11.6 Å². The second-order valence-corrected chi connectivity index (χ2v) is 11.1. The number of alkyl halides is 2. The molecule has 0 aliphatic carbocycles. The Morgan fingerprint density at radius 2 is 1.85 bits per heavy atom. The minimum atomic E-state index is -4.08. The Morgan fingerprint density at radius 3 is 2.48 bits per heavy atom. The number of halogens is 4. The molecular weight excluding hydrogens is 573 g/mol. The highest BCUT2D eigenvalue weighted by Crippen LogP contribution is 2.55. The molecule has 5 rings (SSSR count). The van der Waals surface area contributed by atoms with Gasteiger partial charge < -0.3 is 14.6 Å². The molecule has 4 aromatic rings. The third-order valence-corrected chi connectivity index (χ3v) is 7.34. The van der Waals surface area contributed by atoms with E-state index in [2.05, 4.69) is 14.5 Å². The molecule has 0 fully saturated rings. The van der Waals surface area contributed by atoms with Gasteiger partial charge in [0.25, 0.3) is 11.3 Å². The molecular formula is C27H20ClF3N2O6S. The zero-order valence-corrected chi connectivity index (χ0v) is 22.6. The fraction of sp³-hybridized carbons (Fsp3) is 0.185. The summed E-state index contributed by atoms with van der Waals surface area (Å²) in [5.74, 6) is -3.00. The molecule has 0 radical (unpaired) electrons. The highest BCUT2D eigenvalue weighted by molar-refractivity contribution is 7.81. The number of anilines is 2. The van der Waals surface area contributed by atoms with Gasteiger partial charge in [-0.2, -0.15) is 0 Å². The van der Waals surface area contributed by atoms with Crippen LogP contribution in [-0.2, 0) is 16.7 Å². The number of hydrogen-bond acceptors (Lipinski definition) is 5. The number of pyridine rings is 1. The van der Waals surface area contributed by atoms with E-state index >= 15 is 4.39 Å². The van der Waals surface area contributed by atoms with E-state index in [1.807, 2.05) is 0 Å². The molecule has 0 saturated carbocycles. The Labute approximate surface area is 233 Å². The van der Waals surface area contributed by atoms with Gasteiger partial charge in [-0.15, -0.1) is 8.78 Å². The van der Waals surface area contributed by atoms with Crippen LogP contribution in [0.25, 0.3) is 22.0 Å². The van der Waals surface area contributed by atoms with Gasteiger partial charge in [-0.3, -0.25) is 9.54 Å². The van der Waals surface area contributed by atoms with Gasteiger partial charge in [-0.25, -0.2) is 17.7 Å². The number of carboxylic acids is 1. The largest absolute Gasteiger partial charge is 0.586 e. The van der Waals surface area contributed by atoms with Crippen molar-refractivity contribution >= 4 is 51.1 Å². The lowest BCUT2D eigenvalue weighted by molar-refractivity contribution is -0.286. The van der Waals surface area contributed by atoms with Crippen molar-refractivity contribution in [1.82, 2.24) is 4.98 Å². The average molecular weight is 593 g/mol. The number of hydrogen-bond donors (Lipinski definition) is 2. The van der Waals surface area contributed by atoms with Gasteiger partial charge in [0, 0.05) is 23.2 Å². The quantitative estimate of drug-likeness (QED) is 0.234. The molecule has 40 heavy (non-hydrogen) atoms. The van der Waals surface area contributed by atoms with Gasteiger partial charge >= 0.3 is 12.3 Å². The second-order valence-electron chi connectivity index (χ2n) is 9.88. The van der Waals surface area contributed by atoms with Crippen molar-refractivity contribution in [1.29, 1.82) is 0 Å². The van der Waals surface area contributed by atoms with Crippen LogP contribution < -0.4 is 13.8 Å². The molecule has 1 unspecified atom stereocenters. The van der Waals surface area contributed by atoms with E-state index in [-0.39, 0.29) is 39.0 Å². The van der Waals surface area contributed by atoms with Crippen molar-refractivity contribution in [3.8, 4) is 22.6 Å². The number of benzene rings is 3. The smallest absolute Gasteiger partial charge is 0.478 e. The second kappa shape index (κ2) is 9.65. The van der Waals surface area contributed by atoms with Crippen molar-refractivity contribution < 1.29 is 41.3 Å². The summed E-state index contributed by atoms with van der Waals surface area (Å²) in [6.45, 7) is 5.38. The fourth-order valence-corrected chi connectivity index (χ4v) is 5.50. The molecule has 1 atom stereocenters. The minimum Gasteiger partial charge on any atom is -0.478 e. The van der Waals surface area contributed by atoms with Crippen LogP contribution in [0.1, 0.15) is 36.7 Å². The first-order valence-electron chi connectivity index (χ1n) is 11.6. The van der Waals surface area contributed by atoms with Gasteiger partial charge in [0.15, 0.2) is 11.5 Å². The number of ether oxygens (including phenoxy) is 2. The summed E-state index contributed by atoms with van der Waals surface area (Å²) in [7, 11) is 0. The molecule has 0 amide bonds. The van der Waals surface area contributed by atoms with Crippen LogP contribution in [0.3, 0.4) is 0 Å². The summed E-state index contributed by atoms with van der Waals surface area (Å²) in [6.07, 6.45) is -2.71. The van der Waals surface area contributed by atoms with E-state index in [9.17, 15) is 27.4 Å². The van der Waals surface area contributed by atoms with Gasteiger partial charge in [0.2, 0.25) is 0 Å². The standard InChI is InChI=1S/C27H20ClF3N2O6S/c1-26(2,3)17-9-6-13(11-18(17)29)33(40(36)37)19-12-20-24(39-27(30,31)38-20)22(28)21(19)14-7-8-16(25(34)35)23-15(14)5-4-10-32-23/h4-12H,1-3H3,(H,34,35)(H,36,37). The monoisotopic (exact) mass is 592 g/mol. The molecule has 0 bridgehead atoms. The predicted octanol–water partition coefficient (Wildman–Crippen LogP) is 7.29. The highest BCUT2D eigenvalue weighted by Gasteiger charge is 2.46. The summed E-state index contributed by atoms with van der Waals surface area (Å²) < 4.78 is 76.6. The molecule has 13 heteroatoms. The van der Waals surface area contributed by atoms with Gasteiger partial charge in [0.1, 0.15) is 5.82 Å². The molecule has 1 aliphatic heterocycles. The molecule has 208 valence electrons. The van der Waals surface area contributed by atoms with Crippen molar-refractivity contribution in [3.05, 3.63) is 76.7 Å². The Balaban J connectivity index is 1.84. The summed E-state index contributed by atoms with van der Waals surface area (Å²) in [4.78, 5) is 16.0. The number of carboxylic acid groups (broad SMARTS) is 1. The summed E-state index contributed by atoms with van der Waals surface area (Å²) in [5, 5.41) is 9.48. The van der Waals surface area contributed by atoms with Crippen LogP contribution in [0.2, 0.25) is 5.02 Å². The number of carbonyl (C=O) groups is 1. The third kappa shape index (κ3) is 4.72. The normalized spacial score (nSPS) is 14.8. The Hall–Kier alpha value is -3.87. The number of rotatable bonds is 5. The van der Waals surface area contributed by atoms with E-state index < -0.39 is 51.3 Å². The molecule has 1 aromatic heterocycles. The maximum Gasteiger partial charge on any atom is 0.586 e. The first-order chi connectivity index (χ1) is 18.7. The van der Waals surface area contributed by atoms with Crippen LogP contribution in [0, 0.1) is 5.82 Å². The van der Waals surface area contributed by atoms with E-state index in [1.165, 1.54) is 42.6 Å². The van der Waals surface area contributed by atoms with Crippen LogP contribution in [0.4, 0.5) is 24.5 Å². The maximum absolute atomic E-state index is 15.2. The zero-order valence-electron chi connectivity index (χ0n) is 21.0. The SMILES string of the molecule is CC(C)(C)c1ccc(N(c2cc3c(c(Cl)c2-c2ccc(C(=O)O)c4ncccc24)OC(F)(F)O3)S(=O)O)cc1F. The Bertz CT molecular complexity index is 1730. The molecule has 2 heterocycles. The lowest BCUT2D eigenvalue weighted by Crippen LogP contribution is -2.26. The topological polar surface area (TPSA) is 109 Å². The summed E-state index contributed by atoms with van der Waals surface area (Å²) >= 11 is 3.74. The lowest BCUT2D eigenvalue weighted by Gasteiger charge is -2.26. The van der Waals surface area contributed by atoms with Gasteiger partial charge in [-0.05, 0) is 40.8 Å². The number of nitrogens with zero attached hydrogens (tertiary/aromatic N) is 2. The van der Waals surface area contributed by atoms with E-state index in [1.54, 1.807) is 20.8 Å². The third-order valence-electron chi connectivity index (χ3n) is 6.26. The van der Waals surface area contributed by atoms with Crippen LogP contribution in [0.15, 0.2) is 54.7 Å². The van der Waals surface area contributed by atoms with Crippen LogP contribution in [-0.4, -0.2) is 31.1 Å². The van der Waals surface area contributed by atoms with Crippen molar-refractivity contribution in [2.24, 2.45) is 0 Å². The number of fused-ring (bicyclic) bond motifs is 2. The van der Waals surface area contributed by atoms with E-state index in [0.29, 0.717) is 5.56 Å². The highest BCUT2D eigenvalue weighted by atomic mass is 35.5. The van der Waals surface area contributed by atoms with Gasteiger partial charge in [-0.1, -0.05) is 50.6 Å². The molecule has 0 saturated heterocycles. The number of aromatic carboxylic acids is 1. The van der Waals surface area contributed by atoms with Crippen LogP contribution in [0.5, 0.6) is 11.5 Å². The van der Waals surface area contributed by atoms with Gasteiger partial charge in [0.05, 0.1) is 27.5 Å². The van der Waals surface area contributed by atoms with Crippen molar-refractivity contribution in [2.75, 3.05) is 4.31 Å². The first-order valence-corrected chi connectivity index (χ1v) is 13.1. The van der Waals surface area contributed by atoms with Crippen molar-refractivity contribution in [3.63, 3.8) is 0 Å². The Morgan fingerprint density at radius 1 is 1.12 bits per heavy atom. The molecule has 0 spiro atoms. The Kier molecular flexibility index (Phi) is 6.68. The molecule has 2 N–H and O–H groups in total. The van der Waals surface area contributed by atoms with E-state index in [4.69, 9.17) is 11.6 Å². The first kappa shape index (κ1) is 27.7. The summed E-state index contributed by atoms with van der Waals surface area (Å²) in [5.41, 5.74) is -0.564. The molecule has 1 aliphatic rings. The minimum absolute atomic E-state index is 0.0507. The fourth-order valence-electron chi connectivity index (χ4n) is 4.57. The molecule has 3 aromatic carbocycles. The van der Waals surface area contributed by atoms with Crippen molar-refractivity contribution in [2.45, 2.75) is 32.5 Å². The summed E-state index contributed by atoms with van der Waals surface area (Å²) in [6, 6.07) is 10.6. The lowest BCUT2D eigenvalue weighted by atomic mass is 9.86. The van der Waals surface area contributed by atoms with E-state index in [0.717, 1.165) is 16.4 Å². The average Bonchev–Trinajstić information content (AvgIpc) is 3.17. The predicted molar refractivity (Wildman–Crippen MR) is 143 cm³/mol. The maximum atomic E-state index is 15.2. The zero-order chi connectivity index (χ0) is 29.1. The molecule has 8 nitrogen and oxygen atoms in total.